The first kappa shape index (κ1) is 23.7. The third kappa shape index (κ3) is 6.11. The Kier molecular flexibility index (Phi) is 7.52. The van der Waals surface area contributed by atoms with Gasteiger partial charge in [0.15, 0.2) is 6.04 Å². The van der Waals surface area contributed by atoms with Crippen molar-refractivity contribution in [2.24, 2.45) is 5.18 Å². The van der Waals surface area contributed by atoms with Crippen molar-refractivity contribution in [2.45, 2.75) is 31.5 Å². The van der Waals surface area contributed by atoms with Gasteiger partial charge in [-0.25, -0.2) is 4.79 Å². The lowest BCUT2D eigenvalue weighted by molar-refractivity contribution is -0.141. The van der Waals surface area contributed by atoms with Crippen molar-refractivity contribution in [1.82, 2.24) is 10.3 Å². The van der Waals surface area contributed by atoms with Gasteiger partial charge in [0, 0.05) is 29.9 Å². The van der Waals surface area contributed by atoms with Gasteiger partial charge >= 0.3 is 5.97 Å². The number of nitrogens with one attached hydrogen (secondary N) is 2. The summed E-state index contributed by atoms with van der Waals surface area (Å²) in [5.41, 5.74) is 3.39. The van der Waals surface area contributed by atoms with Crippen molar-refractivity contribution < 1.29 is 19.4 Å². The zero-order chi connectivity index (χ0) is 24.6. The first-order valence-corrected chi connectivity index (χ1v) is 11.2. The minimum atomic E-state index is -1.25. The lowest BCUT2D eigenvalue weighted by Gasteiger charge is -2.17. The number of nitrogens with zero attached hydrogens (tertiary/aromatic N) is 1. The topological polar surface area (TPSA) is 121 Å². The molecular formula is C27H25N3O5. The summed E-state index contributed by atoms with van der Waals surface area (Å²) in [7, 11) is 0. The fourth-order valence-electron chi connectivity index (χ4n) is 3.85. The molecule has 0 aliphatic heterocycles. The summed E-state index contributed by atoms with van der Waals surface area (Å²) < 4.78 is 5.75. The number of hydrogen-bond acceptors (Lipinski definition) is 5. The molecule has 0 saturated carbocycles. The molecule has 0 radical (unpaired) electrons. The van der Waals surface area contributed by atoms with Crippen molar-refractivity contribution in [3.05, 3.63) is 107 Å². The van der Waals surface area contributed by atoms with Gasteiger partial charge in [-0.05, 0) is 34.9 Å². The van der Waals surface area contributed by atoms with E-state index >= 15 is 0 Å². The predicted octanol–water partition coefficient (Wildman–Crippen LogP) is 4.24. The number of fused-ring (bicyclic) bond motifs is 1. The number of carbonyl (C=O) groups excluding carboxylic acids is 1. The van der Waals surface area contributed by atoms with E-state index in [9.17, 15) is 19.6 Å². The lowest BCUT2D eigenvalue weighted by Crippen LogP contribution is -2.46. The van der Waals surface area contributed by atoms with Crippen LogP contribution in [0.5, 0.6) is 5.75 Å². The molecule has 8 nitrogen and oxygen atoms in total. The number of H-pyrrole nitrogens is 1. The van der Waals surface area contributed by atoms with Crippen molar-refractivity contribution in [3.8, 4) is 5.75 Å². The Hall–Kier alpha value is -4.46. The second-order valence-electron chi connectivity index (χ2n) is 8.21. The highest BCUT2D eigenvalue weighted by molar-refractivity contribution is 5.88. The molecule has 0 fully saturated rings. The van der Waals surface area contributed by atoms with Crippen LogP contribution in [-0.2, 0) is 29.0 Å². The fourth-order valence-corrected chi connectivity index (χ4v) is 3.85. The van der Waals surface area contributed by atoms with E-state index in [-0.39, 0.29) is 12.8 Å². The lowest BCUT2D eigenvalue weighted by atomic mass is 10.0. The highest BCUT2D eigenvalue weighted by atomic mass is 16.5. The number of nitroso groups, excluding NO2 is 1. The maximum Gasteiger partial charge on any atom is 0.326 e. The maximum atomic E-state index is 12.7. The normalized spacial score (nSPS) is 12.6. The Morgan fingerprint density at radius 1 is 0.914 bits per heavy atom. The Morgan fingerprint density at radius 2 is 1.63 bits per heavy atom. The van der Waals surface area contributed by atoms with Gasteiger partial charge in [0.2, 0.25) is 5.91 Å². The molecular weight excluding hydrogens is 446 g/mol. The molecule has 0 bridgehead atoms. The zero-order valence-electron chi connectivity index (χ0n) is 18.9. The largest absolute Gasteiger partial charge is 0.489 e. The number of aromatic nitrogens is 1. The summed E-state index contributed by atoms with van der Waals surface area (Å²) >= 11 is 0. The number of aliphatic carboxylic acids is 1. The average molecular weight is 472 g/mol. The maximum absolute atomic E-state index is 12.7. The van der Waals surface area contributed by atoms with Gasteiger partial charge in [0.25, 0.3) is 0 Å². The number of carboxylic acids is 1. The first-order chi connectivity index (χ1) is 17.0. The molecule has 0 spiro atoms. The van der Waals surface area contributed by atoms with Gasteiger partial charge in [-0.1, -0.05) is 65.8 Å². The number of para-hydroxylation sites is 1. The van der Waals surface area contributed by atoms with Gasteiger partial charge in [-0.2, -0.15) is 0 Å². The second kappa shape index (κ2) is 11.1. The van der Waals surface area contributed by atoms with Gasteiger partial charge in [0.05, 0.1) is 0 Å². The quantitative estimate of drug-likeness (QED) is 0.283. The number of carbonyl (C=O) groups is 2. The smallest absolute Gasteiger partial charge is 0.326 e. The monoisotopic (exact) mass is 471 g/mol. The molecule has 4 aromatic rings. The molecule has 1 amide bonds. The SMILES string of the molecule is O=NC(Cc1ccc(OCc2ccccc2)cc1)C(=O)N[C@@H](Cc1c[nH]c2ccccc12)C(=O)O. The molecule has 2 atom stereocenters. The third-order valence-corrected chi connectivity index (χ3v) is 5.74. The first-order valence-electron chi connectivity index (χ1n) is 11.2. The highest BCUT2D eigenvalue weighted by Crippen LogP contribution is 2.20. The van der Waals surface area contributed by atoms with Crippen LogP contribution in [-0.4, -0.2) is 34.1 Å². The average Bonchev–Trinajstić information content (AvgIpc) is 3.29. The van der Waals surface area contributed by atoms with Gasteiger partial charge in [0.1, 0.15) is 18.4 Å². The molecule has 8 heteroatoms. The van der Waals surface area contributed by atoms with E-state index in [4.69, 9.17) is 4.74 Å². The van der Waals surface area contributed by atoms with E-state index in [0.29, 0.717) is 17.9 Å². The molecule has 0 aliphatic carbocycles. The van der Waals surface area contributed by atoms with Crippen molar-refractivity contribution >= 4 is 22.8 Å². The van der Waals surface area contributed by atoms with Crippen LogP contribution in [0.15, 0.2) is 90.2 Å². The summed E-state index contributed by atoms with van der Waals surface area (Å²) in [5.74, 6) is -1.26. The van der Waals surface area contributed by atoms with Crippen molar-refractivity contribution in [1.29, 1.82) is 0 Å². The van der Waals surface area contributed by atoms with E-state index in [2.05, 4.69) is 15.5 Å². The van der Waals surface area contributed by atoms with Crippen LogP contribution in [0.4, 0.5) is 0 Å². The fraction of sp³-hybridized carbons (Fsp3) is 0.185. The molecule has 1 aromatic heterocycles. The number of rotatable bonds is 11. The van der Waals surface area contributed by atoms with Gasteiger partial charge < -0.3 is 20.1 Å². The van der Waals surface area contributed by atoms with Crippen LogP contribution >= 0.6 is 0 Å². The van der Waals surface area contributed by atoms with Crippen LogP contribution in [0.3, 0.4) is 0 Å². The molecule has 1 heterocycles. The molecule has 35 heavy (non-hydrogen) atoms. The minimum absolute atomic E-state index is 0.0493. The molecule has 0 saturated heterocycles. The molecule has 3 aromatic carbocycles. The number of aromatic amines is 1. The second-order valence-corrected chi connectivity index (χ2v) is 8.21. The molecule has 0 aliphatic rings. The predicted molar refractivity (Wildman–Crippen MR) is 132 cm³/mol. The summed E-state index contributed by atoms with van der Waals surface area (Å²) in [6, 6.07) is 21.8. The minimum Gasteiger partial charge on any atom is -0.489 e. The van der Waals surface area contributed by atoms with Gasteiger partial charge in [-0.3, -0.25) is 4.79 Å². The van der Waals surface area contributed by atoms with E-state index in [1.165, 1.54) is 0 Å². The van der Waals surface area contributed by atoms with Crippen LogP contribution < -0.4 is 10.1 Å². The number of benzene rings is 3. The van der Waals surface area contributed by atoms with Crippen LogP contribution in [0, 0.1) is 4.91 Å². The molecule has 1 unspecified atom stereocenters. The number of ether oxygens (including phenoxy) is 1. The summed E-state index contributed by atoms with van der Waals surface area (Å²) in [4.78, 5) is 39.1. The Balaban J connectivity index is 1.36. The molecule has 3 N–H and O–H groups in total. The Labute approximate surface area is 201 Å². The molecule has 4 rings (SSSR count). The van der Waals surface area contributed by atoms with E-state index in [0.717, 1.165) is 22.0 Å². The zero-order valence-corrected chi connectivity index (χ0v) is 18.9. The van der Waals surface area contributed by atoms with Crippen LogP contribution in [0.2, 0.25) is 0 Å². The Morgan fingerprint density at radius 3 is 2.34 bits per heavy atom. The van der Waals surface area contributed by atoms with E-state index < -0.39 is 24.0 Å². The molecule has 178 valence electrons. The highest BCUT2D eigenvalue weighted by Gasteiger charge is 2.27. The summed E-state index contributed by atoms with van der Waals surface area (Å²) in [6.45, 7) is 0.425. The van der Waals surface area contributed by atoms with Gasteiger partial charge in [-0.15, -0.1) is 4.91 Å². The van der Waals surface area contributed by atoms with E-state index in [1.807, 2.05) is 54.6 Å². The van der Waals surface area contributed by atoms with Crippen LogP contribution in [0.25, 0.3) is 10.9 Å². The van der Waals surface area contributed by atoms with Crippen LogP contribution in [0.1, 0.15) is 16.7 Å². The summed E-state index contributed by atoms with van der Waals surface area (Å²) in [6.07, 6.45) is 1.85. The van der Waals surface area contributed by atoms with Crippen molar-refractivity contribution in [3.63, 3.8) is 0 Å². The third-order valence-electron chi connectivity index (χ3n) is 5.74. The van der Waals surface area contributed by atoms with Crippen molar-refractivity contribution in [2.75, 3.05) is 0 Å². The Bertz CT molecular complexity index is 1300. The summed E-state index contributed by atoms with van der Waals surface area (Å²) in [5, 5.41) is 16.0. The number of amides is 1. The standard InChI is InChI=1S/C27H25N3O5/c31-26(29-25(27(32)33)15-20-16-28-23-9-5-4-8-22(20)23)24(30-34)14-18-10-12-21(13-11-18)35-17-19-6-2-1-3-7-19/h1-13,16,24-25,28H,14-15,17H2,(H,29,31)(H,32,33)/t24?,25-/m0/s1. The van der Waals surface area contributed by atoms with E-state index in [1.54, 1.807) is 30.5 Å². The number of carboxylic acid groups (broad SMARTS) is 1. The number of hydrogen-bond donors (Lipinski definition) is 3.